The number of nitrogens with zero attached hydrogens (tertiary/aromatic N) is 2. The van der Waals surface area contributed by atoms with E-state index in [0.717, 1.165) is 17.8 Å². The molecule has 0 atom stereocenters. The van der Waals surface area contributed by atoms with E-state index in [-0.39, 0.29) is 12.2 Å². The summed E-state index contributed by atoms with van der Waals surface area (Å²) in [6, 6.07) is 0. The normalized spacial score (nSPS) is 18.4. The van der Waals surface area contributed by atoms with Gasteiger partial charge in [0, 0.05) is 12.3 Å². The zero-order valence-corrected chi connectivity index (χ0v) is 11.1. The predicted molar refractivity (Wildman–Crippen MR) is 65.9 cm³/mol. The van der Waals surface area contributed by atoms with E-state index in [1.165, 1.54) is 30.6 Å². The van der Waals surface area contributed by atoms with Gasteiger partial charge in [-0.3, -0.25) is 4.55 Å². The Balaban J connectivity index is 1.95. The Labute approximate surface area is 105 Å². The fraction of sp³-hybridized carbons (Fsp3) is 0.800. The summed E-state index contributed by atoms with van der Waals surface area (Å²) in [5.41, 5.74) is 0. The fourth-order valence-corrected chi connectivity index (χ4v) is 3.69. The van der Waals surface area contributed by atoms with Crippen molar-refractivity contribution in [1.82, 2.24) is 10.2 Å². The summed E-state index contributed by atoms with van der Waals surface area (Å²) in [5, 5.41) is 9.84. The second-order valence-corrected chi connectivity index (χ2v) is 7.07. The second kappa shape index (κ2) is 5.41. The van der Waals surface area contributed by atoms with Crippen LogP contribution in [-0.4, -0.2) is 28.9 Å². The van der Waals surface area contributed by atoms with E-state index in [4.69, 9.17) is 4.55 Å². The molecule has 0 spiro atoms. The van der Waals surface area contributed by atoms with Gasteiger partial charge >= 0.3 is 0 Å². The van der Waals surface area contributed by atoms with Crippen molar-refractivity contribution in [3.05, 3.63) is 10.0 Å². The molecule has 0 bridgehead atoms. The average molecular weight is 276 g/mol. The lowest BCUT2D eigenvalue weighted by Crippen LogP contribution is -2.06. The first-order valence-electron chi connectivity index (χ1n) is 5.82. The summed E-state index contributed by atoms with van der Waals surface area (Å²) >= 11 is 1.48. The largest absolute Gasteiger partial charge is 0.286 e. The van der Waals surface area contributed by atoms with Gasteiger partial charge in [-0.25, -0.2) is 0 Å². The molecule has 17 heavy (non-hydrogen) atoms. The molecule has 0 radical (unpaired) electrons. The Morgan fingerprint density at radius 1 is 1.24 bits per heavy atom. The molecule has 5 nitrogen and oxygen atoms in total. The lowest BCUT2D eigenvalue weighted by molar-refractivity contribution is 0.440. The van der Waals surface area contributed by atoms with E-state index in [1.54, 1.807) is 0 Å². The van der Waals surface area contributed by atoms with E-state index in [9.17, 15) is 8.42 Å². The van der Waals surface area contributed by atoms with Gasteiger partial charge in [-0.2, -0.15) is 8.42 Å². The smallest absolute Gasteiger partial charge is 0.265 e. The van der Waals surface area contributed by atoms with Crippen LogP contribution in [0.25, 0.3) is 0 Å². The standard InChI is InChI=1S/C10H16N2O3S2/c13-17(14,15)7-6-9-11-12-10(16-9)8-4-2-1-3-5-8/h8H,1-7H2,(H,13,14,15). The Bertz CT molecular complexity index is 464. The van der Waals surface area contributed by atoms with Crippen molar-refractivity contribution < 1.29 is 13.0 Å². The number of rotatable bonds is 4. The molecule has 0 aromatic carbocycles. The van der Waals surface area contributed by atoms with Gasteiger partial charge in [-0.05, 0) is 12.8 Å². The molecule has 1 aliphatic rings. The molecule has 2 rings (SSSR count). The molecule has 1 saturated carbocycles. The van der Waals surface area contributed by atoms with Gasteiger partial charge in [0.2, 0.25) is 0 Å². The molecule has 0 aliphatic heterocycles. The van der Waals surface area contributed by atoms with Crippen LogP contribution in [0, 0.1) is 0 Å². The number of aromatic nitrogens is 2. The minimum atomic E-state index is -3.90. The van der Waals surface area contributed by atoms with Crippen molar-refractivity contribution in [2.24, 2.45) is 0 Å². The predicted octanol–water partition coefficient (Wildman–Crippen LogP) is 2.02. The Morgan fingerprint density at radius 2 is 1.94 bits per heavy atom. The Kier molecular flexibility index (Phi) is 4.11. The van der Waals surface area contributed by atoms with Gasteiger partial charge in [-0.1, -0.05) is 19.3 Å². The van der Waals surface area contributed by atoms with Crippen molar-refractivity contribution in [3.8, 4) is 0 Å². The molecule has 1 fully saturated rings. The van der Waals surface area contributed by atoms with Gasteiger partial charge in [0.05, 0.1) is 5.75 Å². The maximum atomic E-state index is 10.6. The van der Waals surface area contributed by atoms with Crippen molar-refractivity contribution >= 4 is 21.5 Å². The van der Waals surface area contributed by atoms with Crippen LogP contribution < -0.4 is 0 Å². The third-order valence-electron chi connectivity index (χ3n) is 3.01. The van der Waals surface area contributed by atoms with E-state index in [1.807, 2.05) is 0 Å². The number of hydrogen-bond donors (Lipinski definition) is 1. The van der Waals surface area contributed by atoms with Crippen molar-refractivity contribution in [1.29, 1.82) is 0 Å². The lowest BCUT2D eigenvalue weighted by Gasteiger charge is -2.18. The Morgan fingerprint density at radius 3 is 2.59 bits per heavy atom. The van der Waals surface area contributed by atoms with Crippen LogP contribution in [0.1, 0.15) is 48.0 Å². The van der Waals surface area contributed by atoms with Crippen LogP contribution in [-0.2, 0) is 16.5 Å². The topological polar surface area (TPSA) is 80.2 Å². The van der Waals surface area contributed by atoms with Crippen molar-refractivity contribution in [2.45, 2.75) is 44.4 Å². The minimum Gasteiger partial charge on any atom is -0.286 e. The molecular formula is C10H16N2O3S2. The molecule has 1 aromatic heterocycles. The molecule has 1 heterocycles. The third-order valence-corrected chi connectivity index (χ3v) is 4.88. The maximum absolute atomic E-state index is 10.6. The summed E-state index contributed by atoms with van der Waals surface area (Å²) < 4.78 is 29.9. The molecule has 1 aliphatic carbocycles. The first-order chi connectivity index (χ1) is 8.04. The van der Waals surface area contributed by atoms with E-state index >= 15 is 0 Å². The highest BCUT2D eigenvalue weighted by atomic mass is 32.2. The van der Waals surface area contributed by atoms with Gasteiger partial charge in [0.15, 0.2) is 0 Å². The van der Waals surface area contributed by atoms with Gasteiger partial charge < -0.3 is 0 Å². The van der Waals surface area contributed by atoms with Crippen LogP contribution >= 0.6 is 11.3 Å². The second-order valence-electron chi connectivity index (χ2n) is 4.41. The molecule has 96 valence electrons. The monoisotopic (exact) mass is 276 g/mol. The molecule has 1 N–H and O–H groups in total. The molecule has 0 unspecified atom stereocenters. The SMILES string of the molecule is O=S(=O)(O)CCc1nnc(C2CCCCC2)s1. The van der Waals surface area contributed by atoms with Gasteiger partial charge in [0.25, 0.3) is 10.1 Å². The molecular weight excluding hydrogens is 260 g/mol. The van der Waals surface area contributed by atoms with Crippen molar-refractivity contribution in [3.63, 3.8) is 0 Å². The third kappa shape index (κ3) is 4.01. The lowest BCUT2D eigenvalue weighted by atomic mass is 9.90. The summed E-state index contributed by atoms with van der Waals surface area (Å²) in [6.07, 6.45) is 6.35. The maximum Gasteiger partial charge on any atom is 0.265 e. The summed E-state index contributed by atoms with van der Waals surface area (Å²) in [5.74, 6) is 0.229. The summed E-state index contributed by atoms with van der Waals surface area (Å²) in [6.45, 7) is 0. The van der Waals surface area contributed by atoms with Crippen molar-refractivity contribution in [2.75, 3.05) is 5.75 Å². The first kappa shape index (κ1) is 12.9. The molecule has 1 aromatic rings. The fourth-order valence-electron chi connectivity index (χ4n) is 2.10. The first-order valence-corrected chi connectivity index (χ1v) is 8.24. The Hall–Kier alpha value is -0.530. The van der Waals surface area contributed by atoms with Crippen LogP contribution in [0.4, 0.5) is 0 Å². The van der Waals surface area contributed by atoms with Crippen LogP contribution in [0.2, 0.25) is 0 Å². The molecule has 0 amide bonds. The highest BCUT2D eigenvalue weighted by Crippen LogP contribution is 2.34. The van der Waals surface area contributed by atoms with E-state index < -0.39 is 10.1 Å². The average Bonchev–Trinajstić information content (AvgIpc) is 2.75. The highest BCUT2D eigenvalue weighted by molar-refractivity contribution is 7.85. The summed E-state index contributed by atoms with van der Waals surface area (Å²) in [4.78, 5) is 0. The number of hydrogen-bond acceptors (Lipinski definition) is 5. The highest BCUT2D eigenvalue weighted by Gasteiger charge is 2.20. The van der Waals surface area contributed by atoms with Gasteiger partial charge in [0.1, 0.15) is 10.0 Å². The van der Waals surface area contributed by atoms with Gasteiger partial charge in [-0.15, -0.1) is 21.5 Å². The zero-order chi connectivity index (χ0) is 12.3. The van der Waals surface area contributed by atoms with Crippen LogP contribution in [0.5, 0.6) is 0 Å². The number of aryl methyl sites for hydroxylation is 1. The van der Waals surface area contributed by atoms with E-state index in [2.05, 4.69) is 10.2 Å². The van der Waals surface area contributed by atoms with Crippen LogP contribution in [0.15, 0.2) is 0 Å². The molecule has 0 saturated heterocycles. The quantitative estimate of drug-likeness (QED) is 0.851. The summed E-state index contributed by atoms with van der Waals surface area (Å²) in [7, 11) is -3.90. The zero-order valence-electron chi connectivity index (χ0n) is 9.50. The minimum absolute atomic E-state index is 0.253. The van der Waals surface area contributed by atoms with Crippen LogP contribution in [0.3, 0.4) is 0 Å². The molecule has 7 heteroatoms. The van der Waals surface area contributed by atoms with E-state index in [0.29, 0.717) is 10.9 Å².